The predicted molar refractivity (Wildman–Crippen MR) is 79.8 cm³/mol. The number of hydrogen-bond donors (Lipinski definition) is 1. The summed E-state index contributed by atoms with van der Waals surface area (Å²) in [5.74, 6) is 1.54. The average Bonchev–Trinajstić information content (AvgIpc) is 2.96. The number of fused-ring (bicyclic) bond motifs is 1. The fourth-order valence-electron chi connectivity index (χ4n) is 2.20. The number of nitrogens with zero attached hydrogens (tertiary/aromatic N) is 2. The van der Waals surface area contributed by atoms with Crippen molar-refractivity contribution in [3.63, 3.8) is 0 Å². The van der Waals surface area contributed by atoms with Crippen LogP contribution < -0.4 is 9.47 Å². The summed E-state index contributed by atoms with van der Waals surface area (Å²) < 4.78 is 12.4. The Kier molecular flexibility index (Phi) is 3.75. The van der Waals surface area contributed by atoms with Crippen LogP contribution in [-0.4, -0.2) is 35.0 Å². The second kappa shape index (κ2) is 5.85. The summed E-state index contributed by atoms with van der Waals surface area (Å²) in [5, 5.41) is 13.1. The number of pyridine rings is 1. The molecule has 0 fully saturated rings. The Balaban J connectivity index is 1.96. The third-order valence-electron chi connectivity index (χ3n) is 3.25. The van der Waals surface area contributed by atoms with Crippen LogP contribution in [-0.2, 0) is 0 Å². The van der Waals surface area contributed by atoms with Gasteiger partial charge in [0.25, 0.3) is 0 Å². The molecule has 0 saturated heterocycles. The van der Waals surface area contributed by atoms with Crippen LogP contribution in [0.2, 0.25) is 0 Å². The Morgan fingerprint density at radius 3 is 2.67 bits per heavy atom. The van der Waals surface area contributed by atoms with Gasteiger partial charge in [0.15, 0.2) is 0 Å². The van der Waals surface area contributed by atoms with E-state index in [1.54, 1.807) is 7.11 Å². The van der Waals surface area contributed by atoms with E-state index in [0.717, 1.165) is 28.1 Å². The maximum Gasteiger partial charge on any atom is 0.122 e. The molecule has 0 aliphatic rings. The summed E-state index contributed by atoms with van der Waals surface area (Å²) in [5.41, 5.74) is 3.07. The normalized spacial score (nSPS) is 10.8. The summed E-state index contributed by atoms with van der Waals surface area (Å²) in [7, 11) is 1.65. The molecule has 1 aromatic carbocycles. The molecular formula is C16H16N2O3. The maximum absolute atomic E-state index is 8.75. The highest BCUT2D eigenvalue weighted by Crippen LogP contribution is 2.28. The lowest BCUT2D eigenvalue weighted by atomic mass is 10.1. The van der Waals surface area contributed by atoms with E-state index < -0.39 is 0 Å². The Morgan fingerprint density at radius 2 is 1.95 bits per heavy atom. The van der Waals surface area contributed by atoms with E-state index in [0.29, 0.717) is 6.61 Å². The summed E-state index contributed by atoms with van der Waals surface area (Å²) in [6, 6.07) is 11.5. The van der Waals surface area contributed by atoms with Crippen LogP contribution >= 0.6 is 0 Å². The lowest BCUT2D eigenvalue weighted by molar-refractivity contribution is 0.201. The van der Waals surface area contributed by atoms with Crippen LogP contribution in [0.15, 0.2) is 48.8 Å². The number of aliphatic hydroxyl groups is 1. The molecule has 0 atom stereocenters. The highest BCUT2D eigenvalue weighted by atomic mass is 16.5. The molecule has 0 saturated carbocycles. The van der Waals surface area contributed by atoms with Gasteiger partial charge >= 0.3 is 0 Å². The first-order chi connectivity index (χ1) is 10.3. The number of ether oxygens (including phenoxy) is 2. The van der Waals surface area contributed by atoms with Crippen molar-refractivity contribution in [1.82, 2.24) is 9.61 Å². The van der Waals surface area contributed by atoms with E-state index in [1.165, 1.54) is 0 Å². The number of methoxy groups -OCH3 is 1. The van der Waals surface area contributed by atoms with Gasteiger partial charge in [-0.05, 0) is 23.8 Å². The number of aliphatic hydroxyl groups excluding tert-OH is 1. The van der Waals surface area contributed by atoms with Crippen LogP contribution in [0.25, 0.3) is 16.6 Å². The topological polar surface area (TPSA) is 56.0 Å². The minimum Gasteiger partial charge on any atom is -0.497 e. The molecule has 0 radical (unpaired) electrons. The fourth-order valence-corrected chi connectivity index (χ4v) is 2.20. The van der Waals surface area contributed by atoms with Crippen molar-refractivity contribution in [2.45, 2.75) is 0 Å². The zero-order valence-corrected chi connectivity index (χ0v) is 11.7. The quantitative estimate of drug-likeness (QED) is 0.781. The molecule has 3 aromatic rings. The molecule has 2 heterocycles. The Hall–Kier alpha value is -2.53. The number of rotatable bonds is 5. The van der Waals surface area contributed by atoms with Crippen molar-refractivity contribution in [2.75, 3.05) is 20.3 Å². The molecule has 0 bridgehead atoms. The van der Waals surface area contributed by atoms with E-state index >= 15 is 0 Å². The Bertz CT molecular complexity index is 735. The zero-order chi connectivity index (χ0) is 14.7. The largest absolute Gasteiger partial charge is 0.497 e. The van der Waals surface area contributed by atoms with Crippen molar-refractivity contribution in [3.05, 3.63) is 48.8 Å². The smallest absolute Gasteiger partial charge is 0.122 e. The molecule has 2 aromatic heterocycles. The molecule has 5 nitrogen and oxygen atoms in total. The standard InChI is InChI=1S/C16H16N2O3/c1-20-14-6-7-18-16(10-14)15(11-17-18)12-2-4-13(5-3-12)21-9-8-19/h2-7,10-11,19H,8-9H2,1H3. The van der Waals surface area contributed by atoms with Crippen LogP contribution in [0, 0.1) is 0 Å². The van der Waals surface area contributed by atoms with Gasteiger partial charge in [-0.1, -0.05) is 12.1 Å². The van der Waals surface area contributed by atoms with Crippen LogP contribution in [0.4, 0.5) is 0 Å². The molecule has 0 amide bonds. The second-order valence-electron chi connectivity index (χ2n) is 4.55. The first-order valence-electron chi connectivity index (χ1n) is 6.67. The summed E-state index contributed by atoms with van der Waals surface area (Å²) >= 11 is 0. The maximum atomic E-state index is 8.75. The molecule has 108 valence electrons. The van der Waals surface area contributed by atoms with Crippen LogP contribution in [0.5, 0.6) is 11.5 Å². The van der Waals surface area contributed by atoms with E-state index in [2.05, 4.69) is 5.10 Å². The summed E-state index contributed by atoms with van der Waals surface area (Å²) in [6.45, 7) is 0.308. The first kappa shape index (κ1) is 13.5. The third kappa shape index (κ3) is 2.68. The van der Waals surface area contributed by atoms with Gasteiger partial charge in [-0.3, -0.25) is 0 Å². The number of hydrogen-bond acceptors (Lipinski definition) is 4. The van der Waals surface area contributed by atoms with Crippen LogP contribution in [0.1, 0.15) is 0 Å². The summed E-state index contributed by atoms with van der Waals surface area (Å²) in [4.78, 5) is 0. The lowest BCUT2D eigenvalue weighted by Crippen LogP contribution is -2.01. The van der Waals surface area contributed by atoms with Gasteiger partial charge in [-0.15, -0.1) is 0 Å². The van der Waals surface area contributed by atoms with Gasteiger partial charge in [-0.25, -0.2) is 4.52 Å². The number of aromatic nitrogens is 2. The molecule has 0 unspecified atom stereocenters. The van der Waals surface area contributed by atoms with Crippen LogP contribution in [0.3, 0.4) is 0 Å². The summed E-state index contributed by atoms with van der Waals surface area (Å²) in [6.07, 6.45) is 3.70. The third-order valence-corrected chi connectivity index (χ3v) is 3.25. The molecule has 5 heteroatoms. The fraction of sp³-hybridized carbons (Fsp3) is 0.188. The van der Waals surface area contributed by atoms with Crippen molar-refractivity contribution < 1.29 is 14.6 Å². The first-order valence-corrected chi connectivity index (χ1v) is 6.67. The Labute approximate surface area is 122 Å². The van der Waals surface area contributed by atoms with Gasteiger partial charge < -0.3 is 14.6 Å². The van der Waals surface area contributed by atoms with Gasteiger partial charge in [0.2, 0.25) is 0 Å². The number of benzene rings is 1. The Morgan fingerprint density at radius 1 is 1.14 bits per heavy atom. The molecule has 0 aliphatic heterocycles. The van der Waals surface area contributed by atoms with E-state index in [9.17, 15) is 0 Å². The van der Waals surface area contributed by atoms with Crippen molar-refractivity contribution >= 4 is 5.52 Å². The van der Waals surface area contributed by atoms with Gasteiger partial charge in [0.1, 0.15) is 18.1 Å². The zero-order valence-electron chi connectivity index (χ0n) is 11.7. The van der Waals surface area contributed by atoms with Gasteiger partial charge in [0.05, 0.1) is 25.4 Å². The highest BCUT2D eigenvalue weighted by molar-refractivity contribution is 5.80. The van der Waals surface area contributed by atoms with Crippen molar-refractivity contribution in [3.8, 4) is 22.6 Å². The van der Waals surface area contributed by atoms with Crippen molar-refractivity contribution in [1.29, 1.82) is 0 Å². The van der Waals surface area contributed by atoms with E-state index in [-0.39, 0.29) is 6.61 Å². The SMILES string of the molecule is COc1ccn2ncc(-c3ccc(OCCO)cc3)c2c1. The second-order valence-corrected chi connectivity index (χ2v) is 4.55. The molecule has 1 N–H and O–H groups in total. The van der Waals surface area contributed by atoms with Crippen molar-refractivity contribution in [2.24, 2.45) is 0 Å². The minimum atomic E-state index is 0.00952. The predicted octanol–water partition coefficient (Wildman–Crippen LogP) is 2.38. The van der Waals surface area contributed by atoms with Gasteiger partial charge in [-0.2, -0.15) is 5.10 Å². The molecule has 0 spiro atoms. The molecule has 3 rings (SSSR count). The van der Waals surface area contributed by atoms with E-state index in [1.807, 2.05) is 53.3 Å². The highest BCUT2D eigenvalue weighted by Gasteiger charge is 2.08. The lowest BCUT2D eigenvalue weighted by Gasteiger charge is -2.06. The minimum absolute atomic E-state index is 0.00952. The molecular weight excluding hydrogens is 268 g/mol. The molecule has 21 heavy (non-hydrogen) atoms. The van der Waals surface area contributed by atoms with Gasteiger partial charge in [0, 0.05) is 17.8 Å². The average molecular weight is 284 g/mol. The monoisotopic (exact) mass is 284 g/mol. The molecule has 0 aliphatic carbocycles. The van der Waals surface area contributed by atoms with E-state index in [4.69, 9.17) is 14.6 Å².